The van der Waals surface area contributed by atoms with Crippen molar-refractivity contribution in [2.24, 2.45) is 11.8 Å². The van der Waals surface area contributed by atoms with Gasteiger partial charge in [-0.05, 0) is 31.4 Å². The molecule has 2 unspecified atom stereocenters. The Hall–Kier alpha value is -1.98. The summed E-state index contributed by atoms with van der Waals surface area (Å²) in [5.41, 5.74) is -0.0340. The molecule has 2 aliphatic carbocycles. The summed E-state index contributed by atoms with van der Waals surface area (Å²) < 4.78 is 27.6. The van der Waals surface area contributed by atoms with Gasteiger partial charge in [-0.2, -0.15) is 0 Å². The van der Waals surface area contributed by atoms with Crippen LogP contribution in [0.25, 0.3) is 0 Å². The number of carbonyl (C=O) groups is 2. The second kappa shape index (κ2) is 6.87. The number of benzene rings is 1. The summed E-state index contributed by atoms with van der Waals surface area (Å²) in [4.78, 5) is 23.8. The number of carbonyl (C=O) groups excluding carboxylic acids is 1. The molecule has 0 aliphatic heterocycles. The van der Waals surface area contributed by atoms with E-state index in [1.807, 2.05) is 0 Å². The molecule has 6 heteroatoms. The van der Waals surface area contributed by atoms with E-state index in [0.717, 1.165) is 19.3 Å². The monoisotopic (exact) mass is 337 g/mol. The molecule has 130 valence electrons. The fourth-order valence-electron chi connectivity index (χ4n) is 3.73. The second-order valence-electron chi connectivity index (χ2n) is 6.78. The molecule has 3 rings (SSSR count). The fourth-order valence-corrected chi connectivity index (χ4v) is 3.73. The normalized spacial score (nSPS) is 29.6. The van der Waals surface area contributed by atoms with Crippen molar-refractivity contribution in [2.45, 2.75) is 50.5 Å². The lowest BCUT2D eigenvalue weighted by molar-refractivity contribution is -0.143. The standard InChI is InChI=1S/C18H21F2NO3/c19-13-6-4-7-14(20)16(13)11-9-12(11)17(22)21-15-8-3-1-2-5-10(15)18(23)24/h4,6-7,10-12,15H,1-3,5,8-9H2,(H,21,22)(H,23,24)/t10-,11?,12?,15+/m1/s1. The lowest BCUT2D eigenvalue weighted by atomic mass is 9.94. The van der Waals surface area contributed by atoms with Crippen molar-refractivity contribution < 1.29 is 23.5 Å². The lowest BCUT2D eigenvalue weighted by Gasteiger charge is -2.23. The summed E-state index contributed by atoms with van der Waals surface area (Å²) in [6.07, 6.45) is 4.27. The van der Waals surface area contributed by atoms with Crippen LogP contribution in [0.15, 0.2) is 18.2 Å². The van der Waals surface area contributed by atoms with Crippen molar-refractivity contribution in [1.29, 1.82) is 0 Å². The lowest BCUT2D eigenvalue weighted by Crippen LogP contribution is -2.43. The molecule has 2 saturated carbocycles. The molecule has 1 aromatic rings. The van der Waals surface area contributed by atoms with Gasteiger partial charge >= 0.3 is 5.97 Å². The maximum Gasteiger partial charge on any atom is 0.308 e. The zero-order chi connectivity index (χ0) is 17.3. The van der Waals surface area contributed by atoms with Crippen molar-refractivity contribution >= 4 is 11.9 Å². The Kier molecular flexibility index (Phi) is 4.83. The van der Waals surface area contributed by atoms with Crippen LogP contribution >= 0.6 is 0 Å². The molecule has 24 heavy (non-hydrogen) atoms. The van der Waals surface area contributed by atoms with Crippen molar-refractivity contribution in [1.82, 2.24) is 5.32 Å². The highest BCUT2D eigenvalue weighted by Crippen LogP contribution is 2.49. The van der Waals surface area contributed by atoms with Crippen molar-refractivity contribution in [2.75, 3.05) is 0 Å². The SMILES string of the molecule is O=C(N[C@H]1CCCCC[C@H]1C(=O)O)C1CC1c1c(F)cccc1F. The van der Waals surface area contributed by atoms with E-state index < -0.39 is 41.4 Å². The average Bonchev–Trinajstić information content (AvgIpc) is 3.31. The number of halogens is 2. The molecule has 0 radical (unpaired) electrons. The highest BCUT2D eigenvalue weighted by molar-refractivity contribution is 5.84. The Morgan fingerprint density at radius 1 is 1.04 bits per heavy atom. The van der Waals surface area contributed by atoms with Crippen LogP contribution in [-0.2, 0) is 9.59 Å². The van der Waals surface area contributed by atoms with Gasteiger partial charge in [0.1, 0.15) is 11.6 Å². The maximum absolute atomic E-state index is 13.8. The molecule has 2 N–H and O–H groups in total. The van der Waals surface area contributed by atoms with E-state index in [0.29, 0.717) is 19.3 Å². The number of carboxylic acid groups (broad SMARTS) is 1. The van der Waals surface area contributed by atoms with Crippen molar-refractivity contribution in [3.8, 4) is 0 Å². The zero-order valence-electron chi connectivity index (χ0n) is 13.3. The number of aliphatic carboxylic acids is 1. The number of rotatable bonds is 4. The summed E-state index contributed by atoms with van der Waals surface area (Å²) in [6.45, 7) is 0. The smallest absolute Gasteiger partial charge is 0.308 e. The van der Waals surface area contributed by atoms with E-state index in [2.05, 4.69) is 5.32 Å². The van der Waals surface area contributed by atoms with Crippen LogP contribution in [0.2, 0.25) is 0 Å². The minimum absolute atomic E-state index is 0.0340. The van der Waals surface area contributed by atoms with Gasteiger partial charge in [0, 0.05) is 23.4 Å². The van der Waals surface area contributed by atoms with Crippen LogP contribution in [0.5, 0.6) is 0 Å². The predicted molar refractivity (Wildman–Crippen MR) is 83.3 cm³/mol. The van der Waals surface area contributed by atoms with Crippen LogP contribution in [0.3, 0.4) is 0 Å². The molecular weight excluding hydrogens is 316 g/mol. The van der Waals surface area contributed by atoms with Crippen LogP contribution < -0.4 is 5.32 Å². The highest BCUT2D eigenvalue weighted by Gasteiger charge is 2.47. The number of amides is 1. The Labute approximate surface area is 139 Å². The Morgan fingerprint density at radius 2 is 1.71 bits per heavy atom. The van der Waals surface area contributed by atoms with Gasteiger partial charge in [-0.15, -0.1) is 0 Å². The number of hydrogen-bond acceptors (Lipinski definition) is 2. The van der Waals surface area contributed by atoms with Gasteiger partial charge in [0.05, 0.1) is 5.92 Å². The van der Waals surface area contributed by atoms with E-state index >= 15 is 0 Å². The topological polar surface area (TPSA) is 66.4 Å². The summed E-state index contributed by atoms with van der Waals surface area (Å²) >= 11 is 0. The van der Waals surface area contributed by atoms with Crippen LogP contribution in [0.1, 0.15) is 50.0 Å². The van der Waals surface area contributed by atoms with E-state index in [1.165, 1.54) is 18.2 Å². The molecule has 0 aromatic heterocycles. The first-order valence-corrected chi connectivity index (χ1v) is 8.46. The van der Waals surface area contributed by atoms with Gasteiger partial charge in [0.25, 0.3) is 0 Å². The van der Waals surface area contributed by atoms with Gasteiger partial charge in [-0.25, -0.2) is 8.78 Å². The molecule has 0 heterocycles. The minimum Gasteiger partial charge on any atom is -0.481 e. The number of hydrogen-bond donors (Lipinski definition) is 2. The van der Waals surface area contributed by atoms with Gasteiger partial charge in [-0.3, -0.25) is 9.59 Å². The third kappa shape index (κ3) is 3.42. The van der Waals surface area contributed by atoms with Crippen molar-refractivity contribution in [3.63, 3.8) is 0 Å². The average molecular weight is 337 g/mol. The quantitative estimate of drug-likeness (QED) is 0.829. The van der Waals surface area contributed by atoms with E-state index in [-0.39, 0.29) is 11.5 Å². The van der Waals surface area contributed by atoms with Gasteiger partial charge in [0.2, 0.25) is 5.91 Å². The van der Waals surface area contributed by atoms with Crippen LogP contribution in [-0.4, -0.2) is 23.0 Å². The van der Waals surface area contributed by atoms with Crippen LogP contribution in [0, 0.1) is 23.5 Å². The summed E-state index contributed by atoms with van der Waals surface area (Å²) in [7, 11) is 0. The molecule has 0 spiro atoms. The first-order valence-electron chi connectivity index (χ1n) is 8.46. The zero-order valence-corrected chi connectivity index (χ0v) is 13.3. The Balaban J connectivity index is 1.66. The maximum atomic E-state index is 13.8. The summed E-state index contributed by atoms with van der Waals surface area (Å²) in [5, 5.41) is 12.2. The first kappa shape index (κ1) is 16.9. The number of carboxylic acids is 1. The Bertz CT molecular complexity index is 629. The van der Waals surface area contributed by atoms with Crippen molar-refractivity contribution in [3.05, 3.63) is 35.4 Å². The molecule has 0 bridgehead atoms. The van der Waals surface area contributed by atoms with Crippen LogP contribution in [0.4, 0.5) is 8.78 Å². The fraction of sp³-hybridized carbons (Fsp3) is 0.556. The summed E-state index contributed by atoms with van der Waals surface area (Å²) in [6, 6.07) is 3.29. The Morgan fingerprint density at radius 3 is 2.38 bits per heavy atom. The molecular formula is C18H21F2NO3. The molecule has 1 amide bonds. The largest absolute Gasteiger partial charge is 0.481 e. The van der Waals surface area contributed by atoms with Gasteiger partial charge in [-0.1, -0.05) is 25.3 Å². The molecule has 1 aromatic carbocycles. The molecule has 4 atom stereocenters. The van der Waals surface area contributed by atoms with E-state index in [4.69, 9.17) is 0 Å². The van der Waals surface area contributed by atoms with Gasteiger partial charge in [0.15, 0.2) is 0 Å². The number of nitrogens with one attached hydrogen (secondary N) is 1. The first-order chi connectivity index (χ1) is 11.5. The second-order valence-corrected chi connectivity index (χ2v) is 6.78. The molecule has 2 fully saturated rings. The molecule has 0 saturated heterocycles. The van der Waals surface area contributed by atoms with Gasteiger partial charge < -0.3 is 10.4 Å². The predicted octanol–water partition coefficient (Wildman–Crippen LogP) is 3.22. The summed E-state index contributed by atoms with van der Waals surface area (Å²) in [5.74, 6) is -3.97. The third-order valence-corrected chi connectivity index (χ3v) is 5.16. The van der Waals surface area contributed by atoms with E-state index in [1.54, 1.807) is 0 Å². The highest BCUT2D eigenvalue weighted by atomic mass is 19.1. The third-order valence-electron chi connectivity index (χ3n) is 5.16. The molecule has 4 nitrogen and oxygen atoms in total. The molecule has 2 aliphatic rings. The van der Waals surface area contributed by atoms with E-state index in [9.17, 15) is 23.5 Å². The minimum atomic E-state index is -0.894.